The number of hydrogen-bond acceptors (Lipinski definition) is 8. The number of likely N-dealkylation sites (tertiary alicyclic amines) is 1. The molecule has 8 nitrogen and oxygen atoms in total. The molecule has 0 atom stereocenters. The summed E-state index contributed by atoms with van der Waals surface area (Å²) < 4.78 is 10.9. The molecule has 8 heteroatoms. The zero-order valence-electron chi connectivity index (χ0n) is 17.2. The molecule has 0 amide bonds. The van der Waals surface area contributed by atoms with E-state index in [0.29, 0.717) is 36.1 Å². The van der Waals surface area contributed by atoms with E-state index in [0.717, 1.165) is 42.7 Å². The summed E-state index contributed by atoms with van der Waals surface area (Å²) in [7, 11) is 3.23. The van der Waals surface area contributed by atoms with Crippen LogP contribution in [0.5, 0.6) is 11.5 Å². The Morgan fingerprint density at radius 3 is 2.43 bits per heavy atom. The molecule has 0 radical (unpaired) electrons. The average Bonchev–Trinajstić information content (AvgIpc) is 2.71. The summed E-state index contributed by atoms with van der Waals surface area (Å²) in [6.45, 7) is 7.04. The van der Waals surface area contributed by atoms with E-state index in [1.165, 1.54) is 0 Å². The molecule has 1 aliphatic heterocycles. The number of fused-ring (bicyclic) bond motifs is 1. The Kier molecular flexibility index (Phi) is 6.74. The molecule has 3 N–H and O–H groups in total. The molecule has 1 saturated heterocycles. The van der Waals surface area contributed by atoms with Crippen LogP contribution < -0.4 is 20.1 Å². The van der Waals surface area contributed by atoms with Gasteiger partial charge in [0.15, 0.2) is 11.5 Å². The number of nitrogens with zero attached hydrogens (tertiary/aromatic N) is 3. The number of aromatic nitrogens is 2. The van der Waals surface area contributed by atoms with Crippen LogP contribution in [-0.4, -0.2) is 72.5 Å². The van der Waals surface area contributed by atoms with E-state index in [1.807, 2.05) is 12.1 Å². The van der Waals surface area contributed by atoms with Gasteiger partial charge in [0.05, 0.1) is 26.3 Å². The Morgan fingerprint density at radius 1 is 1.14 bits per heavy atom. The molecule has 3 rings (SSSR count). The van der Waals surface area contributed by atoms with Gasteiger partial charge in [0.25, 0.3) is 0 Å². The summed E-state index contributed by atoms with van der Waals surface area (Å²) in [5.74, 6) is 2.52. The SMILES string of the molecule is COc1cc2nc(NCCO)nc(NC3CCN(C(C)C)CC3)c2cc1OC. The van der Waals surface area contributed by atoms with Gasteiger partial charge in [-0.05, 0) is 32.8 Å². The van der Waals surface area contributed by atoms with Crippen molar-refractivity contribution < 1.29 is 14.6 Å². The molecule has 0 aliphatic carbocycles. The van der Waals surface area contributed by atoms with E-state index >= 15 is 0 Å². The van der Waals surface area contributed by atoms with Gasteiger partial charge in [-0.25, -0.2) is 4.98 Å². The van der Waals surface area contributed by atoms with Crippen molar-refractivity contribution in [3.63, 3.8) is 0 Å². The summed E-state index contributed by atoms with van der Waals surface area (Å²) in [6.07, 6.45) is 2.13. The van der Waals surface area contributed by atoms with Crippen molar-refractivity contribution in [3.8, 4) is 11.5 Å². The van der Waals surface area contributed by atoms with Crippen molar-refractivity contribution in [1.29, 1.82) is 0 Å². The van der Waals surface area contributed by atoms with E-state index in [1.54, 1.807) is 14.2 Å². The van der Waals surface area contributed by atoms with Crippen LogP contribution in [0.3, 0.4) is 0 Å². The summed E-state index contributed by atoms with van der Waals surface area (Å²) in [5.41, 5.74) is 0.759. The van der Waals surface area contributed by atoms with Crippen molar-refractivity contribution in [1.82, 2.24) is 14.9 Å². The number of benzene rings is 1. The third kappa shape index (κ3) is 4.56. The molecule has 0 bridgehead atoms. The number of hydrogen-bond donors (Lipinski definition) is 3. The fourth-order valence-corrected chi connectivity index (χ4v) is 3.57. The van der Waals surface area contributed by atoms with Crippen LogP contribution in [0.2, 0.25) is 0 Å². The lowest BCUT2D eigenvalue weighted by molar-refractivity contribution is 0.177. The van der Waals surface area contributed by atoms with Crippen molar-refractivity contribution >= 4 is 22.7 Å². The first kappa shape index (κ1) is 20.4. The van der Waals surface area contributed by atoms with Gasteiger partial charge in [-0.15, -0.1) is 0 Å². The number of aliphatic hydroxyl groups is 1. The van der Waals surface area contributed by atoms with Crippen LogP contribution >= 0.6 is 0 Å². The minimum absolute atomic E-state index is 0.0176. The lowest BCUT2D eigenvalue weighted by Crippen LogP contribution is -2.42. The number of rotatable bonds is 8. The fraction of sp³-hybridized carbons (Fsp3) is 0.600. The maximum absolute atomic E-state index is 9.12. The largest absolute Gasteiger partial charge is 0.493 e. The average molecular weight is 390 g/mol. The van der Waals surface area contributed by atoms with Crippen molar-refractivity contribution in [2.45, 2.75) is 38.8 Å². The Bertz CT molecular complexity index is 791. The molecule has 154 valence electrons. The van der Waals surface area contributed by atoms with E-state index in [2.05, 4.69) is 39.3 Å². The first-order valence-electron chi connectivity index (χ1n) is 9.84. The molecular formula is C20H31N5O3. The second kappa shape index (κ2) is 9.25. The maximum Gasteiger partial charge on any atom is 0.225 e. The van der Waals surface area contributed by atoms with Crippen LogP contribution in [0.4, 0.5) is 11.8 Å². The van der Waals surface area contributed by atoms with Gasteiger partial charge in [0, 0.05) is 43.2 Å². The van der Waals surface area contributed by atoms with E-state index in [4.69, 9.17) is 14.6 Å². The molecule has 2 aromatic rings. The van der Waals surface area contributed by atoms with Crippen molar-refractivity contribution in [3.05, 3.63) is 12.1 Å². The Balaban J connectivity index is 1.91. The molecule has 2 heterocycles. The first-order chi connectivity index (χ1) is 13.5. The Morgan fingerprint density at radius 2 is 1.82 bits per heavy atom. The zero-order chi connectivity index (χ0) is 20.1. The highest BCUT2D eigenvalue weighted by atomic mass is 16.5. The highest BCUT2D eigenvalue weighted by Crippen LogP contribution is 2.35. The second-order valence-corrected chi connectivity index (χ2v) is 7.32. The quantitative estimate of drug-likeness (QED) is 0.634. The van der Waals surface area contributed by atoms with Gasteiger partial charge in [-0.2, -0.15) is 4.98 Å². The molecule has 0 saturated carbocycles. The molecule has 1 aliphatic rings. The second-order valence-electron chi connectivity index (χ2n) is 7.32. The Hall–Kier alpha value is -2.32. The molecule has 0 unspecified atom stereocenters. The smallest absolute Gasteiger partial charge is 0.225 e. The maximum atomic E-state index is 9.12. The van der Waals surface area contributed by atoms with E-state index in [-0.39, 0.29) is 6.61 Å². The normalized spacial score (nSPS) is 15.8. The lowest BCUT2D eigenvalue weighted by Gasteiger charge is -2.35. The number of aliphatic hydroxyl groups excluding tert-OH is 1. The van der Waals surface area contributed by atoms with Crippen LogP contribution in [0, 0.1) is 0 Å². The predicted octanol–water partition coefficient (Wildman–Crippen LogP) is 2.34. The summed E-state index contributed by atoms with van der Waals surface area (Å²) in [5, 5.41) is 16.7. The fourth-order valence-electron chi connectivity index (χ4n) is 3.57. The summed E-state index contributed by atoms with van der Waals surface area (Å²) in [6, 6.07) is 4.70. The number of nitrogens with one attached hydrogen (secondary N) is 2. The molecule has 28 heavy (non-hydrogen) atoms. The molecule has 1 aromatic carbocycles. The van der Waals surface area contributed by atoms with Crippen LogP contribution in [-0.2, 0) is 0 Å². The number of piperidine rings is 1. The van der Waals surface area contributed by atoms with Gasteiger partial charge in [0.1, 0.15) is 5.82 Å². The van der Waals surface area contributed by atoms with Gasteiger partial charge < -0.3 is 30.1 Å². The first-order valence-corrected chi connectivity index (χ1v) is 9.84. The van der Waals surface area contributed by atoms with Crippen LogP contribution in [0.25, 0.3) is 10.9 Å². The van der Waals surface area contributed by atoms with Crippen molar-refractivity contribution in [2.75, 3.05) is 51.1 Å². The Labute approximate surface area is 166 Å². The highest BCUT2D eigenvalue weighted by Gasteiger charge is 2.22. The zero-order valence-corrected chi connectivity index (χ0v) is 17.2. The molecule has 1 aromatic heterocycles. The summed E-state index contributed by atoms with van der Waals surface area (Å²) in [4.78, 5) is 11.7. The number of methoxy groups -OCH3 is 2. The van der Waals surface area contributed by atoms with Gasteiger partial charge in [0.2, 0.25) is 5.95 Å². The lowest BCUT2D eigenvalue weighted by atomic mass is 10.0. The number of anilines is 2. The third-order valence-corrected chi connectivity index (χ3v) is 5.20. The topological polar surface area (TPSA) is 91.8 Å². The van der Waals surface area contributed by atoms with Gasteiger partial charge >= 0.3 is 0 Å². The van der Waals surface area contributed by atoms with Crippen molar-refractivity contribution in [2.24, 2.45) is 0 Å². The predicted molar refractivity (Wildman–Crippen MR) is 112 cm³/mol. The minimum atomic E-state index is 0.0176. The highest BCUT2D eigenvalue weighted by molar-refractivity contribution is 5.92. The minimum Gasteiger partial charge on any atom is -0.493 e. The van der Waals surface area contributed by atoms with Crippen LogP contribution in [0.1, 0.15) is 26.7 Å². The van der Waals surface area contributed by atoms with E-state index < -0.39 is 0 Å². The number of ether oxygens (including phenoxy) is 2. The standard InChI is InChI=1S/C20H31N5O3/c1-13(2)25-8-5-14(6-9-25)22-19-15-11-17(27-3)18(28-4)12-16(15)23-20(24-19)21-7-10-26/h11-14,26H,5-10H2,1-4H3,(H2,21,22,23,24). The van der Waals surface area contributed by atoms with Crippen LogP contribution in [0.15, 0.2) is 12.1 Å². The van der Waals surface area contributed by atoms with E-state index in [9.17, 15) is 0 Å². The molecule has 0 spiro atoms. The summed E-state index contributed by atoms with van der Waals surface area (Å²) >= 11 is 0. The monoisotopic (exact) mass is 389 g/mol. The molecular weight excluding hydrogens is 358 g/mol. The third-order valence-electron chi connectivity index (χ3n) is 5.20. The molecule has 1 fully saturated rings. The van der Waals surface area contributed by atoms with Gasteiger partial charge in [-0.3, -0.25) is 0 Å². The van der Waals surface area contributed by atoms with Gasteiger partial charge in [-0.1, -0.05) is 0 Å².